The largest absolute Gasteiger partial charge is 0.489 e. The average Bonchev–Trinajstić information content (AvgIpc) is 2.95. The lowest BCUT2D eigenvalue weighted by Crippen LogP contribution is -2.32. The van der Waals surface area contributed by atoms with Crippen LogP contribution in [0.1, 0.15) is 36.8 Å². The molecule has 0 amide bonds. The maximum atomic E-state index is 6.45. The summed E-state index contributed by atoms with van der Waals surface area (Å²) in [6.45, 7) is 0.605. The second-order valence-electron chi connectivity index (χ2n) is 5.66. The van der Waals surface area contributed by atoms with Gasteiger partial charge in [0.15, 0.2) is 0 Å². The fourth-order valence-electron chi connectivity index (χ4n) is 2.92. The first-order valence-corrected chi connectivity index (χ1v) is 7.32. The summed E-state index contributed by atoms with van der Waals surface area (Å²) in [6.07, 6.45) is 4.67. The second-order valence-corrected chi connectivity index (χ2v) is 5.66. The normalized spacial score (nSPS) is 17.1. The maximum Gasteiger partial charge on any atom is 0.119 e. The van der Waals surface area contributed by atoms with Crippen LogP contribution in [0.15, 0.2) is 54.6 Å². The number of hydrogen-bond donors (Lipinski definition) is 1. The summed E-state index contributed by atoms with van der Waals surface area (Å²) in [6, 6.07) is 18.5. The van der Waals surface area contributed by atoms with Gasteiger partial charge in [0.25, 0.3) is 0 Å². The van der Waals surface area contributed by atoms with Crippen LogP contribution in [0.4, 0.5) is 0 Å². The van der Waals surface area contributed by atoms with Crippen LogP contribution in [0, 0.1) is 0 Å². The van der Waals surface area contributed by atoms with Gasteiger partial charge in [0.05, 0.1) is 0 Å². The van der Waals surface area contributed by atoms with Crippen molar-refractivity contribution in [3.05, 3.63) is 65.7 Å². The van der Waals surface area contributed by atoms with Gasteiger partial charge in [0.2, 0.25) is 0 Å². The van der Waals surface area contributed by atoms with Gasteiger partial charge in [-0.1, -0.05) is 55.3 Å². The van der Waals surface area contributed by atoms with E-state index in [0.717, 1.165) is 18.6 Å². The third kappa shape index (κ3) is 2.86. The molecule has 0 atom stereocenters. The van der Waals surface area contributed by atoms with Crippen molar-refractivity contribution >= 4 is 0 Å². The third-order valence-electron chi connectivity index (χ3n) is 4.17. The topological polar surface area (TPSA) is 35.2 Å². The van der Waals surface area contributed by atoms with Gasteiger partial charge in [-0.25, -0.2) is 0 Å². The Kier molecular flexibility index (Phi) is 3.75. The molecule has 104 valence electrons. The summed E-state index contributed by atoms with van der Waals surface area (Å²) < 4.78 is 5.80. The van der Waals surface area contributed by atoms with Gasteiger partial charge in [-0.2, -0.15) is 0 Å². The molecule has 0 bridgehead atoms. The highest BCUT2D eigenvalue weighted by Crippen LogP contribution is 2.36. The molecule has 1 aliphatic carbocycles. The van der Waals surface area contributed by atoms with Crippen LogP contribution in [0.5, 0.6) is 5.75 Å². The number of nitrogens with two attached hydrogens (primary N) is 1. The molecule has 2 aromatic carbocycles. The first-order chi connectivity index (χ1) is 9.76. The fourth-order valence-corrected chi connectivity index (χ4v) is 2.92. The minimum atomic E-state index is -0.113. The monoisotopic (exact) mass is 267 g/mol. The van der Waals surface area contributed by atoms with Gasteiger partial charge in [-0.15, -0.1) is 0 Å². The number of hydrogen-bond acceptors (Lipinski definition) is 2. The van der Waals surface area contributed by atoms with Gasteiger partial charge in [0.1, 0.15) is 12.4 Å². The molecule has 1 saturated carbocycles. The average molecular weight is 267 g/mol. The molecule has 0 radical (unpaired) electrons. The molecule has 0 saturated heterocycles. The molecule has 3 rings (SSSR count). The van der Waals surface area contributed by atoms with Gasteiger partial charge < -0.3 is 10.5 Å². The van der Waals surface area contributed by atoms with Gasteiger partial charge >= 0.3 is 0 Å². The van der Waals surface area contributed by atoms with E-state index in [2.05, 4.69) is 24.3 Å². The highest BCUT2D eigenvalue weighted by molar-refractivity contribution is 5.32. The summed E-state index contributed by atoms with van der Waals surface area (Å²) in [5.41, 5.74) is 8.76. The Hall–Kier alpha value is -1.80. The Morgan fingerprint density at radius 1 is 0.900 bits per heavy atom. The van der Waals surface area contributed by atoms with Crippen molar-refractivity contribution in [3.63, 3.8) is 0 Å². The predicted octanol–water partition coefficient (Wildman–Crippen LogP) is 3.99. The molecular weight excluding hydrogens is 246 g/mol. The second kappa shape index (κ2) is 5.68. The van der Waals surface area contributed by atoms with Crippen LogP contribution in [-0.4, -0.2) is 0 Å². The van der Waals surface area contributed by atoms with Crippen molar-refractivity contribution in [1.82, 2.24) is 0 Å². The molecule has 0 aromatic heterocycles. The molecule has 0 unspecified atom stereocenters. The van der Waals surface area contributed by atoms with E-state index in [4.69, 9.17) is 10.5 Å². The first-order valence-electron chi connectivity index (χ1n) is 7.32. The van der Waals surface area contributed by atoms with Gasteiger partial charge in [-0.05, 0) is 36.1 Å². The summed E-state index contributed by atoms with van der Waals surface area (Å²) >= 11 is 0. The summed E-state index contributed by atoms with van der Waals surface area (Å²) in [4.78, 5) is 0. The Labute approximate surface area is 120 Å². The van der Waals surface area contributed by atoms with Crippen molar-refractivity contribution in [2.24, 2.45) is 5.73 Å². The van der Waals surface area contributed by atoms with E-state index in [9.17, 15) is 0 Å². The lowest BCUT2D eigenvalue weighted by atomic mass is 9.89. The van der Waals surface area contributed by atoms with Crippen molar-refractivity contribution in [2.45, 2.75) is 37.8 Å². The summed E-state index contributed by atoms with van der Waals surface area (Å²) in [7, 11) is 0. The molecule has 0 heterocycles. The molecule has 1 aliphatic rings. The zero-order valence-corrected chi connectivity index (χ0v) is 11.7. The van der Waals surface area contributed by atoms with Crippen LogP contribution in [-0.2, 0) is 12.1 Å². The van der Waals surface area contributed by atoms with Crippen LogP contribution >= 0.6 is 0 Å². The van der Waals surface area contributed by atoms with Crippen molar-refractivity contribution < 1.29 is 4.74 Å². The summed E-state index contributed by atoms with van der Waals surface area (Å²) in [5.74, 6) is 0.902. The first kappa shape index (κ1) is 13.2. The molecule has 0 aliphatic heterocycles. The van der Waals surface area contributed by atoms with Crippen molar-refractivity contribution in [1.29, 1.82) is 0 Å². The fraction of sp³-hybridized carbons (Fsp3) is 0.333. The highest BCUT2D eigenvalue weighted by atomic mass is 16.5. The number of rotatable bonds is 4. The van der Waals surface area contributed by atoms with Crippen molar-refractivity contribution in [3.8, 4) is 5.75 Å². The Morgan fingerprint density at radius 3 is 2.20 bits per heavy atom. The molecule has 20 heavy (non-hydrogen) atoms. The SMILES string of the molecule is NC1(c2ccc(OCc3ccccc3)cc2)CCCC1. The van der Waals surface area contributed by atoms with Crippen LogP contribution in [0.25, 0.3) is 0 Å². The number of benzene rings is 2. The van der Waals surface area contributed by atoms with E-state index >= 15 is 0 Å². The molecule has 2 nitrogen and oxygen atoms in total. The smallest absolute Gasteiger partial charge is 0.119 e. The lowest BCUT2D eigenvalue weighted by molar-refractivity contribution is 0.306. The Morgan fingerprint density at radius 2 is 1.55 bits per heavy atom. The van der Waals surface area contributed by atoms with Gasteiger partial charge in [0, 0.05) is 5.54 Å². The van der Waals surface area contributed by atoms with Crippen LogP contribution < -0.4 is 10.5 Å². The van der Waals surface area contributed by atoms with E-state index < -0.39 is 0 Å². The predicted molar refractivity (Wildman–Crippen MR) is 81.5 cm³/mol. The molecule has 1 fully saturated rings. The van der Waals surface area contributed by atoms with E-state index in [1.807, 2.05) is 30.3 Å². The number of ether oxygens (including phenoxy) is 1. The Bertz CT molecular complexity index is 541. The molecule has 2 aromatic rings. The van der Waals surface area contributed by atoms with Gasteiger partial charge in [-0.3, -0.25) is 0 Å². The maximum absolute atomic E-state index is 6.45. The molecule has 2 heteroatoms. The molecular formula is C18H21NO. The molecule has 0 spiro atoms. The highest BCUT2D eigenvalue weighted by Gasteiger charge is 2.30. The quantitative estimate of drug-likeness (QED) is 0.909. The standard InChI is InChI=1S/C18H21NO/c19-18(12-4-5-13-18)16-8-10-17(11-9-16)20-14-15-6-2-1-3-7-15/h1-3,6-11H,4-5,12-14,19H2. The summed E-state index contributed by atoms with van der Waals surface area (Å²) in [5, 5.41) is 0. The van der Waals surface area contributed by atoms with E-state index in [-0.39, 0.29) is 5.54 Å². The zero-order valence-electron chi connectivity index (χ0n) is 11.7. The van der Waals surface area contributed by atoms with E-state index in [1.54, 1.807) is 0 Å². The third-order valence-corrected chi connectivity index (χ3v) is 4.17. The Balaban J connectivity index is 1.64. The van der Waals surface area contributed by atoms with Crippen molar-refractivity contribution in [2.75, 3.05) is 0 Å². The van der Waals surface area contributed by atoms with Crippen LogP contribution in [0.2, 0.25) is 0 Å². The minimum absolute atomic E-state index is 0.113. The minimum Gasteiger partial charge on any atom is -0.489 e. The lowest BCUT2D eigenvalue weighted by Gasteiger charge is -2.24. The molecule has 2 N–H and O–H groups in total. The van der Waals surface area contributed by atoms with E-state index in [0.29, 0.717) is 6.61 Å². The van der Waals surface area contributed by atoms with Crippen LogP contribution in [0.3, 0.4) is 0 Å². The zero-order chi connectivity index (χ0) is 13.8. The van der Waals surface area contributed by atoms with E-state index in [1.165, 1.54) is 24.0 Å².